The number of hydrogen-bond donors (Lipinski definition) is 1. The zero-order valence-electron chi connectivity index (χ0n) is 12.6. The molecule has 0 aliphatic heterocycles. The Hall–Kier alpha value is -2.52. The van der Waals surface area contributed by atoms with Gasteiger partial charge in [0.05, 0.1) is 5.69 Å². The van der Waals surface area contributed by atoms with Gasteiger partial charge in [-0.2, -0.15) is 5.21 Å². The van der Waals surface area contributed by atoms with Gasteiger partial charge in [-0.1, -0.05) is 31.9 Å². The molecular formula is C16H15N5S. The van der Waals surface area contributed by atoms with Gasteiger partial charge in [0.25, 0.3) is 0 Å². The van der Waals surface area contributed by atoms with Gasteiger partial charge < -0.3 is 0 Å². The lowest BCUT2D eigenvalue weighted by molar-refractivity contribution is 0.823. The van der Waals surface area contributed by atoms with Crippen molar-refractivity contribution in [2.45, 2.75) is 26.7 Å². The molecule has 2 aromatic heterocycles. The molecule has 0 spiro atoms. The third kappa shape index (κ3) is 3.05. The van der Waals surface area contributed by atoms with Gasteiger partial charge in [0.15, 0.2) is 5.01 Å². The molecule has 3 rings (SSSR count). The van der Waals surface area contributed by atoms with E-state index in [4.69, 9.17) is 0 Å². The molecule has 1 aromatic carbocycles. The van der Waals surface area contributed by atoms with Gasteiger partial charge in [0, 0.05) is 16.0 Å². The maximum Gasteiger partial charge on any atom is 0.204 e. The van der Waals surface area contributed by atoms with Crippen LogP contribution in [0.1, 0.15) is 40.9 Å². The summed E-state index contributed by atoms with van der Waals surface area (Å²) in [4.78, 5) is 5.84. The first-order valence-electron chi connectivity index (χ1n) is 6.96. The Bertz CT molecular complexity index is 837. The van der Waals surface area contributed by atoms with Gasteiger partial charge in [-0.25, -0.2) is 4.98 Å². The van der Waals surface area contributed by atoms with Crippen molar-refractivity contribution < 1.29 is 0 Å². The fraction of sp³-hybridized carbons (Fsp3) is 0.250. The van der Waals surface area contributed by atoms with Crippen LogP contribution >= 0.6 is 11.3 Å². The predicted molar refractivity (Wildman–Crippen MR) is 86.5 cm³/mol. The fourth-order valence-electron chi connectivity index (χ4n) is 2.14. The minimum absolute atomic E-state index is 0.424. The number of nitrogens with zero attached hydrogens (tertiary/aromatic N) is 4. The maximum absolute atomic E-state index is 4.60. The van der Waals surface area contributed by atoms with E-state index in [9.17, 15) is 0 Å². The topological polar surface area (TPSA) is 67.3 Å². The molecule has 0 fully saturated rings. The Kier molecular flexibility index (Phi) is 3.98. The highest BCUT2D eigenvalue weighted by Gasteiger charge is 2.09. The van der Waals surface area contributed by atoms with E-state index >= 15 is 0 Å². The summed E-state index contributed by atoms with van der Waals surface area (Å²) >= 11 is 1.64. The number of tetrazole rings is 1. The summed E-state index contributed by atoms with van der Waals surface area (Å²) in [7, 11) is 0. The van der Waals surface area contributed by atoms with Crippen LogP contribution in [0, 0.1) is 18.8 Å². The van der Waals surface area contributed by atoms with Crippen molar-refractivity contribution in [1.29, 1.82) is 0 Å². The molecule has 0 saturated carbocycles. The lowest BCUT2D eigenvalue weighted by Gasteiger charge is -1.98. The van der Waals surface area contributed by atoms with Crippen LogP contribution < -0.4 is 0 Å². The van der Waals surface area contributed by atoms with Gasteiger partial charge in [-0.3, -0.25) is 0 Å². The van der Waals surface area contributed by atoms with Crippen molar-refractivity contribution >= 4 is 11.3 Å². The molecule has 110 valence electrons. The van der Waals surface area contributed by atoms with Gasteiger partial charge in [0.2, 0.25) is 5.82 Å². The van der Waals surface area contributed by atoms with Gasteiger partial charge in [0.1, 0.15) is 0 Å². The van der Waals surface area contributed by atoms with Crippen LogP contribution in [0.15, 0.2) is 24.3 Å². The molecule has 0 aliphatic carbocycles. The van der Waals surface area contributed by atoms with Crippen LogP contribution in [0.4, 0.5) is 0 Å². The highest BCUT2D eigenvalue weighted by molar-refractivity contribution is 7.12. The molecule has 22 heavy (non-hydrogen) atoms. The number of thiazole rings is 1. The standard InChI is InChI=1S/C16H15N5S/c1-10(2)15-11(3)22-14(17-15)8-7-12-5-4-6-13(9-12)16-18-20-21-19-16/h4-6,9-10H,1-3H3,(H,18,19,20,21). The van der Waals surface area contributed by atoms with Crippen molar-refractivity contribution in [1.82, 2.24) is 25.6 Å². The van der Waals surface area contributed by atoms with Crippen molar-refractivity contribution in [3.63, 3.8) is 0 Å². The van der Waals surface area contributed by atoms with E-state index in [1.807, 2.05) is 24.3 Å². The Labute approximate surface area is 132 Å². The van der Waals surface area contributed by atoms with E-state index in [1.165, 1.54) is 4.88 Å². The summed E-state index contributed by atoms with van der Waals surface area (Å²) in [6, 6.07) is 7.77. The molecule has 5 nitrogen and oxygen atoms in total. The normalized spacial score (nSPS) is 10.5. The van der Waals surface area contributed by atoms with E-state index in [-0.39, 0.29) is 0 Å². The Morgan fingerprint density at radius 3 is 2.77 bits per heavy atom. The number of H-pyrrole nitrogens is 1. The van der Waals surface area contributed by atoms with Gasteiger partial charge in [-0.15, -0.1) is 21.5 Å². The Morgan fingerprint density at radius 2 is 2.09 bits per heavy atom. The SMILES string of the molecule is Cc1sc(C#Cc2cccc(-c3nn[nH]n3)c2)nc1C(C)C. The van der Waals surface area contributed by atoms with Crippen molar-refractivity contribution in [2.24, 2.45) is 0 Å². The van der Waals surface area contributed by atoms with Crippen LogP contribution in [-0.2, 0) is 0 Å². The highest BCUT2D eigenvalue weighted by Crippen LogP contribution is 2.23. The molecule has 0 bridgehead atoms. The second-order valence-corrected chi connectivity index (χ2v) is 6.38. The first-order chi connectivity index (χ1) is 10.6. The molecule has 1 N–H and O–H groups in total. The molecule has 0 saturated heterocycles. The van der Waals surface area contributed by atoms with Crippen LogP contribution in [0.2, 0.25) is 0 Å². The number of hydrogen-bond acceptors (Lipinski definition) is 5. The molecule has 0 unspecified atom stereocenters. The van der Waals surface area contributed by atoms with Gasteiger partial charge in [-0.05, 0) is 36.1 Å². The summed E-state index contributed by atoms with van der Waals surface area (Å²) in [6.45, 7) is 6.39. The third-order valence-corrected chi connectivity index (χ3v) is 4.06. The van der Waals surface area contributed by atoms with Crippen molar-refractivity contribution in [3.05, 3.63) is 45.4 Å². The highest BCUT2D eigenvalue weighted by atomic mass is 32.1. The monoisotopic (exact) mass is 309 g/mol. The number of nitrogens with one attached hydrogen (secondary N) is 1. The summed E-state index contributed by atoms with van der Waals surface area (Å²) in [5, 5.41) is 14.8. The zero-order valence-corrected chi connectivity index (χ0v) is 13.4. The van der Waals surface area contributed by atoms with Crippen LogP contribution in [-0.4, -0.2) is 25.6 Å². The van der Waals surface area contributed by atoms with Gasteiger partial charge >= 0.3 is 0 Å². The Morgan fingerprint density at radius 1 is 1.23 bits per heavy atom. The van der Waals surface area contributed by atoms with E-state index in [2.05, 4.69) is 58.2 Å². The molecule has 6 heteroatoms. The average molecular weight is 309 g/mol. The van der Waals surface area contributed by atoms with Crippen LogP contribution in [0.5, 0.6) is 0 Å². The zero-order chi connectivity index (χ0) is 15.5. The second-order valence-electron chi connectivity index (χ2n) is 5.18. The lowest BCUT2D eigenvalue weighted by atomic mass is 10.1. The molecule has 0 amide bonds. The fourth-order valence-corrected chi connectivity index (χ4v) is 3.07. The molecule has 2 heterocycles. The second kappa shape index (κ2) is 6.08. The van der Waals surface area contributed by atoms with Crippen LogP contribution in [0.3, 0.4) is 0 Å². The first kappa shape index (κ1) is 14.4. The van der Waals surface area contributed by atoms with Crippen molar-refractivity contribution in [3.8, 4) is 23.2 Å². The average Bonchev–Trinajstić information content (AvgIpc) is 3.15. The lowest BCUT2D eigenvalue weighted by Crippen LogP contribution is -1.89. The minimum Gasteiger partial charge on any atom is -0.232 e. The largest absolute Gasteiger partial charge is 0.232 e. The first-order valence-corrected chi connectivity index (χ1v) is 7.78. The molecule has 3 aromatic rings. The van der Waals surface area contributed by atoms with E-state index in [0.29, 0.717) is 11.7 Å². The predicted octanol–water partition coefficient (Wildman–Crippen LogP) is 3.15. The minimum atomic E-state index is 0.424. The van der Waals surface area contributed by atoms with E-state index < -0.39 is 0 Å². The summed E-state index contributed by atoms with van der Waals surface area (Å²) in [6.07, 6.45) is 0. The number of aromatic amines is 1. The van der Waals surface area contributed by atoms with Crippen molar-refractivity contribution in [2.75, 3.05) is 0 Å². The summed E-state index contributed by atoms with van der Waals surface area (Å²) < 4.78 is 0. The summed E-state index contributed by atoms with van der Waals surface area (Å²) in [5.41, 5.74) is 2.93. The number of aryl methyl sites for hydroxylation is 1. The van der Waals surface area contributed by atoms with E-state index in [1.54, 1.807) is 11.3 Å². The quantitative estimate of drug-likeness (QED) is 0.738. The Balaban J connectivity index is 1.88. The molecule has 0 radical (unpaired) electrons. The number of benzene rings is 1. The summed E-state index contributed by atoms with van der Waals surface area (Å²) in [5.74, 6) is 7.29. The molecular weight excluding hydrogens is 294 g/mol. The van der Waals surface area contributed by atoms with Crippen LogP contribution in [0.25, 0.3) is 11.4 Å². The molecule has 0 aliphatic rings. The molecule has 0 atom stereocenters. The number of aromatic nitrogens is 5. The maximum atomic E-state index is 4.60. The number of rotatable bonds is 2. The third-order valence-electron chi connectivity index (χ3n) is 3.16. The van der Waals surface area contributed by atoms with E-state index in [0.717, 1.165) is 21.8 Å². The smallest absolute Gasteiger partial charge is 0.204 e.